The van der Waals surface area contributed by atoms with Crippen molar-refractivity contribution >= 4 is 11.8 Å². The largest absolute Gasteiger partial charge is 0.494 e. The summed E-state index contributed by atoms with van der Waals surface area (Å²) in [6.07, 6.45) is 8.27. The van der Waals surface area contributed by atoms with Gasteiger partial charge in [-0.2, -0.15) is 0 Å². The lowest BCUT2D eigenvalue weighted by Crippen LogP contribution is -2.56. The smallest absolute Gasteiger partial charge is 0.303 e. The first-order valence-corrected chi connectivity index (χ1v) is 13.4. The first kappa shape index (κ1) is 23.8. The Balaban J connectivity index is 1.43. The number of hydrogen-bond donors (Lipinski definition) is 2. The maximum atomic E-state index is 12.4. The molecule has 8 atom stereocenters. The summed E-state index contributed by atoms with van der Waals surface area (Å²) in [4.78, 5) is 23.1. The van der Waals surface area contributed by atoms with E-state index in [-0.39, 0.29) is 23.4 Å². The lowest BCUT2D eigenvalue weighted by atomic mass is 9.42. The second-order valence-electron chi connectivity index (χ2n) is 12.1. The Kier molecular flexibility index (Phi) is 6.29. The van der Waals surface area contributed by atoms with Crippen LogP contribution >= 0.6 is 0 Å². The van der Waals surface area contributed by atoms with Crippen molar-refractivity contribution in [3.05, 3.63) is 29.8 Å². The molecular weight excluding hydrogens is 428 g/mol. The van der Waals surface area contributed by atoms with Gasteiger partial charge in [0.2, 0.25) is 0 Å². The molecule has 0 aromatic heterocycles. The van der Waals surface area contributed by atoms with E-state index in [0.29, 0.717) is 48.4 Å². The Morgan fingerprint density at radius 2 is 1.85 bits per heavy atom. The van der Waals surface area contributed by atoms with Gasteiger partial charge in [0.25, 0.3) is 0 Å². The number of carbonyl (C=O) groups excluding carboxylic acids is 1. The van der Waals surface area contributed by atoms with Gasteiger partial charge in [-0.05, 0) is 103 Å². The van der Waals surface area contributed by atoms with E-state index in [1.54, 1.807) is 0 Å². The number of carbonyl (C=O) groups is 2. The Morgan fingerprint density at radius 1 is 1.09 bits per heavy atom. The van der Waals surface area contributed by atoms with Crippen molar-refractivity contribution in [2.24, 2.45) is 34.5 Å². The van der Waals surface area contributed by atoms with Gasteiger partial charge in [0.05, 0.1) is 12.7 Å². The van der Waals surface area contributed by atoms with Crippen LogP contribution in [0.25, 0.3) is 0 Å². The van der Waals surface area contributed by atoms with Gasteiger partial charge >= 0.3 is 5.97 Å². The Morgan fingerprint density at radius 3 is 2.59 bits per heavy atom. The molecule has 1 aromatic carbocycles. The van der Waals surface area contributed by atoms with Gasteiger partial charge in [-0.25, -0.2) is 0 Å². The van der Waals surface area contributed by atoms with Crippen LogP contribution in [0.5, 0.6) is 5.75 Å². The highest BCUT2D eigenvalue weighted by molar-refractivity contribution is 5.79. The van der Waals surface area contributed by atoms with Gasteiger partial charge < -0.3 is 14.9 Å². The number of aliphatic hydroxyl groups is 1. The number of carboxylic acid groups (broad SMARTS) is 1. The number of aliphatic carboxylic acids is 1. The molecule has 4 fully saturated rings. The number of Topliss-reactive ketones (excluding diaryl/α,β-unsaturated/α-hetero) is 1. The Bertz CT molecular complexity index is 925. The van der Waals surface area contributed by atoms with Crippen LogP contribution < -0.4 is 4.74 Å². The molecule has 4 saturated carbocycles. The fraction of sp³-hybridized carbons (Fsp3) is 0.724. The second kappa shape index (κ2) is 8.96. The summed E-state index contributed by atoms with van der Waals surface area (Å²) in [5.74, 6) is 3.03. The molecule has 5 heteroatoms. The minimum absolute atomic E-state index is 0.0362. The van der Waals surface area contributed by atoms with Crippen LogP contribution in [0.3, 0.4) is 0 Å². The molecule has 0 bridgehead atoms. The van der Waals surface area contributed by atoms with Crippen molar-refractivity contribution < 1.29 is 24.5 Å². The number of ether oxygens (including phenoxy) is 1. The summed E-state index contributed by atoms with van der Waals surface area (Å²) in [7, 11) is 0. The van der Waals surface area contributed by atoms with E-state index in [9.17, 15) is 14.7 Å². The normalized spacial score (nSPS) is 41.3. The summed E-state index contributed by atoms with van der Waals surface area (Å²) in [6.45, 7) is 5.21. The highest BCUT2D eigenvalue weighted by Crippen LogP contribution is 2.69. The van der Waals surface area contributed by atoms with Crippen LogP contribution in [-0.4, -0.2) is 34.7 Å². The highest BCUT2D eigenvalue weighted by Gasteiger charge is 2.63. The molecule has 186 valence electrons. The van der Waals surface area contributed by atoms with Crippen molar-refractivity contribution in [3.8, 4) is 5.75 Å². The third-order valence-electron chi connectivity index (χ3n) is 10.5. The average molecular weight is 469 g/mol. The third kappa shape index (κ3) is 3.98. The quantitative estimate of drug-likeness (QED) is 0.531. The predicted molar refractivity (Wildman–Crippen MR) is 130 cm³/mol. The topological polar surface area (TPSA) is 83.8 Å². The van der Waals surface area contributed by atoms with Crippen molar-refractivity contribution in [2.45, 2.75) is 90.1 Å². The minimum atomic E-state index is -0.796. The van der Waals surface area contributed by atoms with Crippen LogP contribution in [0, 0.1) is 34.5 Å². The lowest BCUT2D eigenvalue weighted by Gasteiger charge is -2.62. The fourth-order valence-corrected chi connectivity index (χ4v) is 8.75. The molecule has 0 saturated heterocycles. The maximum Gasteiger partial charge on any atom is 0.303 e. The fourth-order valence-electron chi connectivity index (χ4n) is 8.75. The van der Waals surface area contributed by atoms with Gasteiger partial charge in [0, 0.05) is 19.3 Å². The zero-order chi connectivity index (χ0) is 24.1. The van der Waals surface area contributed by atoms with E-state index < -0.39 is 5.97 Å². The number of carboxylic acids is 1. The molecule has 0 spiro atoms. The monoisotopic (exact) mass is 468 g/mol. The van der Waals surface area contributed by atoms with E-state index >= 15 is 0 Å². The minimum Gasteiger partial charge on any atom is -0.494 e. The molecule has 1 aromatic rings. The van der Waals surface area contributed by atoms with E-state index in [4.69, 9.17) is 9.84 Å². The van der Waals surface area contributed by atoms with E-state index in [2.05, 4.69) is 26.0 Å². The SMILES string of the molecule is C[C@]12CCC(=O)CC1CC[C@@H]1[C@H]2C(c2ccc(OCCCC(=O)O)cc2)C[C@]2(C)C(O)CC[C@@H]12. The standard InChI is InChI=1S/C29H40O5/c1-28-14-13-20(30)16-19(28)7-10-22-24-11-12-25(31)29(24,2)17-23(27(22)28)18-5-8-21(9-6-18)34-15-3-4-26(32)33/h5-6,8-9,19,22-25,27,31H,3-4,7,10-17H2,1-2H3,(H,32,33)/t19?,22-,23?,24-,25?,27-,28-,29-/m0/s1. The molecule has 0 amide bonds. The van der Waals surface area contributed by atoms with Gasteiger partial charge in [-0.3, -0.25) is 9.59 Å². The Hall–Kier alpha value is -1.88. The van der Waals surface area contributed by atoms with E-state index in [1.165, 1.54) is 12.0 Å². The summed E-state index contributed by atoms with van der Waals surface area (Å²) in [6, 6.07) is 8.44. The maximum absolute atomic E-state index is 12.4. The summed E-state index contributed by atoms with van der Waals surface area (Å²) in [5, 5.41) is 19.9. The first-order chi connectivity index (χ1) is 16.2. The number of fused-ring (bicyclic) bond motifs is 5. The van der Waals surface area contributed by atoms with Gasteiger partial charge in [-0.1, -0.05) is 26.0 Å². The second-order valence-corrected chi connectivity index (χ2v) is 12.1. The number of benzene rings is 1. The summed E-state index contributed by atoms with van der Waals surface area (Å²) < 4.78 is 5.79. The zero-order valence-corrected chi connectivity index (χ0v) is 20.7. The molecule has 34 heavy (non-hydrogen) atoms. The molecule has 5 rings (SSSR count). The number of hydrogen-bond acceptors (Lipinski definition) is 4. The zero-order valence-electron chi connectivity index (χ0n) is 20.7. The summed E-state index contributed by atoms with van der Waals surface area (Å²) in [5.41, 5.74) is 1.47. The number of rotatable bonds is 6. The number of ketones is 1. The van der Waals surface area contributed by atoms with E-state index in [1.807, 2.05) is 12.1 Å². The van der Waals surface area contributed by atoms with Crippen molar-refractivity contribution in [1.29, 1.82) is 0 Å². The van der Waals surface area contributed by atoms with Crippen LogP contribution in [0.4, 0.5) is 0 Å². The van der Waals surface area contributed by atoms with Crippen molar-refractivity contribution in [2.75, 3.05) is 6.61 Å². The molecule has 3 unspecified atom stereocenters. The van der Waals surface area contributed by atoms with E-state index in [0.717, 1.165) is 50.7 Å². The molecule has 4 aliphatic rings. The highest BCUT2D eigenvalue weighted by atomic mass is 16.5. The van der Waals surface area contributed by atoms with Crippen LogP contribution in [0.1, 0.15) is 89.5 Å². The van der Waals surface area contributed by atoms with Gasteiger partial charge in [-0.15, -0.1) is 0 Å². The molecule has 0 heterocycles. The Labute approximate surface area is 203 Å². The van der Waals surface area contributed by atoms with Crippen LogP contribution in [-0.2, 0) is 9.59 Å². The van der Waals surface area contributed by atoms with Crippen LogP contribution in [0.15, 0.2) is 24.3 Å². The average Bonchev–Trinajstić information content (AvgIpc) is 3.11. The van der Waals surface area contributed by atoms with Crippen molar-refractivity contribution in [1.82, 2.24) is 0 Å². The molecule has 5 nitrogen and oxygen atoms in total. The molecule has 0 radical (unpaired) electrons. The molecule has 4 aliphatic carbocycles. The van der Waals surface area contributed by atoms with Gasteiger partial charge in [0.1, 0.15) is 11.5 Å². The molecule has 2 N–H and O–H groups in total. The molecular formula is C29H40O5. The van der Waals surface area contributed by atoms with Gasteiger partial charge in [0.15, 0.2) is 0 Å². The third-order valence-corrected chi connectivity index (χ3v) is 10.5. The molecule has 0 aliphatic heterocycles. The lowest BCUT2D eigenvalue weighted by molar-refractivity contribution is -0.147. The van der Waals surface area contributed by atoms with Crippen molar-refractivity contribution in [3.63, 3.8) is 0 Å². The first-order valence-electron chi connectivity index (χ1n) is 13.4. The summed E-state index contributed by atoms with van der Waals surface area (Å²) >= 11 is 0. The van der Waals surface area contributed by atoms with Crippen LogP contribution in [0.2, 0.25) is 0 Å². The predicted octanol–water partition coefficient (Wildman–Crippen LogP) is 5.60. The number of aliphatic hydroxyl groups excluding tert-OH is 1.